The Kier molecular flexibility index (Phi) is 5.54. The van der Waals surface area contributed by atoms with E-state index in [2.05, 4.69) is 5.32 Å². The highest BCUT2D eigenvalue weighted by Gasteiger charge is 2.24. The summed E-state index contributed by atoms with van der Waals surface area (Å²) in [5.74, 6) is -0.0619. The second-order valence-electron chi connectivity index (χ2n) is 6.16. The smallest absolute Gasteiger partial charge is 0.375 e. The number of aryl methyl sites for hydroxylation is 1. The summed E-state index contributed by atoms with van der Waals surface area (Å²) in [4.78, 5) is 24.9. The minimum Gasteiger partial charge on any atom is -0.493 e. The zero-order chi connectivity index (χ0) is 20.3. The van der Waals surface area contributed by atoms with Gasteiger partial charge in [0, 0.05) is 22.7 Å². The third-order valence-electron chi connectivity index (χ3n) is 4.33. The van der Waals surface area contributed by atoms with Gasteiger partial charge >= 0.3 is 5.97 Å². The summed E-state index contributed by atoms with van der Waals surface area (Å²) in [6.45, 7) is 3.27. The average molecular weight is 383 g/mol. The Hall–Kier alpha value is -3.48. The zero-order valence-electron chi connectivity index (χ0n) is 16.1. The van der Waals surface area contributed by atoms with Crippen LogP contribution in [0.5, 0.6) is 11.5 Å². The lowest BCUT2D eigenvalue weighted by atomic mass is 10.1. The summed E-state index contributed by atoms with van der Waals surface area (Å²) in [6.07, 6.45) is -1.02. The van der Waals surface area contributed by atoms with Gasteiger partial charge in [-0.3, -0.25) is 4.79 Å². The number of rotatable bonds is 6. The van der Waals surface area contributed by atoms with Crippen molar-refractivity contribution in [2.24, 2.45) is 0 Å². The van der Waals surface area contributed by atoms with Gasteiger partial charge in [-0.2, -0.15) is 0 Å². The molecule has 0 unspecified atom stereocenters. The normalized spacial score (nSPS) is 11.7. The summed E-state index contributed by atoms with van der Waals surface area (Å²) in [6, 6.07) is 12.3. The minimum absolute atomic E-state index is 0.0898. The number of benzene rings is 2. The molecule has 0 fully saturated rings. The molecule has 1 aromatic heterocycles. The molecule has 146 valence electrons. The van der Waals surface area contributed by atoms with Gasteiger partial charge in [-0.25, -0.2) is 4.79 Å². The maximum Gasteiger partial charge on any atom is 0.375 e. The Morgan fingerprint density at radius 3 is 2.43 bits per heavy atom. The van der Waals surface area contributed by atoms with Gasteiger partial charge in [0.1, 0.15) is 5.58 Å². The first kappa shape index (κ1) is 19.3. The number of carbonyl (C=O) groups is 2. The molecule has 0 saturated heterocycles. The summed E-state index contributed by atoms with van der Waals surface area (Å²) in [7, 11) is 3.03. The second kappa shape index (κ2) is 8.04. The molecule has 1 heterocycles. The topological polar surface area (TPSA) is 87.0 Å². The number of fused-ring (bicyclic) bond motifs is 1. The van der Waals surface area contributed by atoms with Crippen molar-refractivity contribution in [3.8, 4) is 11.5 Å². The van der Waals surface area contributed by atoms with Crippen LogP contribution in [0.15, 0.2) is 46.9 Å². The van der Waals surface area contributed by atoms with E-state index in [1.165, 1.54) is 21.1 Å². The van der Waals surface area contributed by atoms with Gasteiger partial charge in [0.25, 0.3) is 5.91 Å². The molecular formula is C21H21NO6. The molecule has 3 rings (SSSR count). The van der Waals surface area contributed by atoms with Crippen LogP contribution in [0.1, 0.15) is 23.0 Å². The number of ether oxygens (including phenoxy) is 3. The molecule has 0 aliphatic carbocycles. The fourth-order valence-electron chi connectivity index (χ4n) is 2.79. The highest BCUT2D eigenvalue weighted by molar-refractivity contribution is 5.99. The molecule has 0 spiro atoms. The third-order valence-corrected chi connectivity index (χ3v) is 4.33. The van der Waals surface area contributed by atoms with E-state index in [0.29, 0.717) is 28.3 Å². The van der Waals surface area contributed by atoms with E-state index in [1.54, 1.807) is 31.2 Å². The van der Waals surface area contributed by atoms with E-state index in [9.17, 15) is 9.59 Å². The molecule has 1 atom stereocenters. The van der Waals surface area contributed by atoms with Gasteiger partial charge in [-0.05, 0) is 32.0 Å². The number of carbonyl (C=O) groups excluding carboxylic acids is 2. The monoisotopic (exact) mass is 383 g/mol. The number of methoxy groups -OCH3 is 2. The lowest BCUT2D eigenvalue weighted by Gasteiger charge is -2.14. The molecule has 2 aromatic carbocycles. The van der Waals surface area contributed by atoms with Gasteiger partial charge in [0.2, 0.25) is 5.76 Å². The summed E-state index contributed by atoms with van der Waals surface area (Å²) < 4.78 is 21.2. The second-order valence-corrected chi connectivity index (χ2v) is 6.16. The number of anilines is 1. The fourth-order valence-corrected chi connectivity index (χ4v) is 2.79. The SMILES string of the molecule is COc1ccc(NC(=O)[C@H](C)OC(=O)c2oc3ccccc3c2C)cc1OC. The average Bonchev–Trinajstić information content (AvgIpc) is 3.04. The molecule has 3 aromatic rings. The Bertz CT molecular complexity index is 1020. The predicted octanol–water partition coefficient (Wildman–Crippen LogP) is 3.94. The molecule has 0 aliphatic heterocycles. The standard InChI is InChI=1S/C21H21NO6/c1-12-15-7-5-6-8-16(15)28-19(12)21(24)27-13(2)20(23)22-14-9-10-17(25-3)18(11-14)26-4/h5-11,13H,1-4H3,(H,22,23)/t13-/m0/s1. The molecule has 1 amide bonds. The van der Waals surface area contributed by atoms with Crippen molar-refractivity contribution in [3.63, 3.8) is 0 Å². The van der Waals surface area contributed by atoms with Crippen LogP contribution in [-0.4, -0.2) is 32.2 Å². The van der Waals surface area contributed by atoms with Crippen molar-refractivity contribution in [3.05, 3.63) is 53.8 Å². The maximum absolute atomic E-state index is 12.5. The highest BCUT2D eigenvalue weighted by atomic mass is 16.6. The Balaban J connectivity index is 1.70. The first-order chi connectivity index (χ1) is 13.4. The van der Waals surface area contributed by atoms with Crippen LogP contribution in [0, 0.1) is 6.92 Å². The number of hydrogen-bond donors (Lipinski definition) is 1. The lowest BCUT2D eigenvalue weighted by Crippen LogP contribution is -2.30. The number of furan rings is 1. The quantitative estimate of drug-likeness (QED) is 0.649. The molecular weight excluding hydrogens is 362 g/mol. The number of nitrogens with one attached hydrogen (secondary N) is 1. The van der Waals surface area contributed by atoms with Gasteiger partial charge < -0.3 is 23.9 Å². The van der Waals surface area contributed by atoms with Crippen LogP contribution in [0.25, 0.3) is 11.0 Å². The van der Waals surface area contributed by atoms with E-state index >= 15 is 0 Å². The third kappa shape index (κ3) is 3.78. The molecule has 28 heavy (non-hydrogen) atoms. The molecule has 7 nitrogen and oxygen atoms in total. The number of para-hydroxylation sites is 1. The van der Waals surface area contributed by atoms with E-state index in [1.807, 2.05) is 18.2 Å². The minimum atomic E-state index is -1.02. The Morgan fingerprint density at radius 2 is 1.75 bits per heavy atom. The van der Waals surface area contributed by atoms with E-state index in [4.69, 9.17) is 18.6 Å². The summed E-state index contributed by atoms with van der Waals surface area (Å²) in [5.41, 5.74) is 1.76. The number of hydrogen-bond acceptors (Lipinski definition) is 6. The van der Waals surface area contributed by atoms with E-state index in [-0.39, 0.29) is 5.76 Å². The molecule has 7 heteroatoms. The Morgan fingerprint density at radius 1 is 1.04 bits per heavy atom. The van der Waals surface area contributed by atoms with Crippen LogP contribution >= 0.6 is 0 Å². The van der Waals surface area contributed by atoms with Gasteiger partial charge in [0.15, 0.2) is 17.6 Å². The van der Waals surface area contributed by atoms with Crippen LogP contribution in [0.4, 0.5) is 5.69 Å². The van der Waals surface area contributed by atoms with Crippen LogP contribution < -0.4 is 14.8 Å². The van der Waals surface area contributed by atoms with Gasteiger partial charge in [-0.1, -0.05) is 18.2 Å². The highest BCUT2D eigenvalue weighted by Crippen LogP contribution is 2.30. The van der Waals surface area contributed by atoms with Crippen molar-refractivity contribution in [2.45, 2.75) is 20.0 Å². The van der Waals surface area contributed by atoms with Crippen LogP contribution in [-0.2, 0) is 9.53 Å². The van der Waals surface area contributed by atoms with Crippen LogP contribution in [0.2, 0.25) is 0 Å². The zero-order valence-corrected chi connectivity index (χ0v) is 16.1. The molecule has 0 saturated carbocycles. The number of amides is 1. The largest absolute Gasteiger partial charge is 0.493 e. The number of esters is 1. The van der Waals surface area contributed by atoms with Gasteiger partial charge in [-0.15, -0.1) is 0 Å². The lowest BCUT2D eigenvalue weighted by molar-refractivity contribution is -0.123. The summed E-state index contributed by atoms with van der Waals surface area (Å²) in [5, 5.41) is 3.51. The fraction of sp³-hybridized carbons (Fsp3) is 0.238. The molecule has 0 aliphatic rings. The first-order valence-corrected chi connectivity index (χ1v) is 8.66. The van der Waals surface area contributed by atoms with Crippen molar-refractivity contribution < 1.29 is 28.2 Å². The predicted molar refractivity (Wildman–Crippen MR) is 104 cm³/mol. The van der Waals surface area contributed by atoms with Crippen molar-refractivity contribution in [1.29, 1.82) is 0 Å². The maximum atomic E-state index is 12.5. The summed E-state index contributed by atoms with van der Waals surface area (Å²) >= 11 is 0. The van der Waals surface area contributed by atoms with Crippen molar-refractivity contribution >= 4 is 28.5 Å². The molecule has 1 N–H and O–H groups in total. The Labute approximate surface area is 162 Å². The van der Waals surface area contributed by atoms with E-state index < -0.39 is 18.0 Å². The van der Waals surface area contributed by atoms with E-state index in [0.717, 1.165) is 5.39 Å². The van der Waals surface area contributed by atoms with Crippen molar-refractivity contribution in [2.75, 3.05) is 19.5 Å². The molecule has 0 radical (unpaired) electrons. The van der Waals surface area contributed by atoms with Gasteiger partial charge in [0.05, 0.1) is 14.2 Å². The first-order valence-electron chi connectivity index (χ1n) is 8.66. The van der Waals surface area contributed by atoms with Crippen LogP contribution in [0.3, 0.4) is 0 Å². The van der Waals surface area contributed by atoms with Crippen molar-refractivity contribution in [1.82, 2.24) is 0 Å². The molecule has 0 bridgehead atoms.